The molecule has 0 aliphatic carbocycles. The van der Waals surface area contributed by atoms with Crippen LogP contribution in [0.1, 0.15) is 21.6 Å². The Bertz CT molecular complexity index is 975. The summed E-state index contributed by atoms with van der Waals surface area (Å²) in [4.78, 5) is 12.3. The Kier molecular flexibility index (Phi) is 5.12. The van der Waals surface area contributed by atoms with Gasteiger partial charge in [-0.15, -0.1) is 6.58 Å². The van der Waals surface area contributed by atoms with Gasteiger partial charge in [0.1, 0.15) is 11.6 Å². The lowest BCUT2D eigenvalue weighted by Gasteiger charge is -2.09. The number of hydrogen-bond donors (Lipinski definition) is 2. The zero-order valence-corrected chi connectivity index (χ0v) is 14.3. The van der Waals surface area contributed by atoms with Gasteiger partial charge in [-0.2, -0.15) is 5.10 Å². The van der Waals surface area contributed by atoms with E-state index in [0.29, 0.717) is 34.5 Å². The normalized spacial score (nSPS) is 11.0. The van der Waals surface area contributed by atoms with E-state index in [0.717, 1.165) is 5.56 Å². The number of carbonyl (C=O) groups excluding carboxylic acids is 1. The summed E-state index contributed by atoms with van der Waals surface area (Å²) >= 11 is 0. The molecule has 2 aromatic carbocycles. The van der Waals surface area contributed by atoms with Crippen molar-refractivity contribution >= 4 is 29.0 Å². The van der Waals surface area contributed by atoms with Crippen LogP contribution >= 0.6 is 0 Å². The van der Waals surface area contributed by atoms with Crippen molar-refractivity contribution < 1.29 is 13.9 Å². The fourth-order valence-corrected chi connectivity index (χ4v) is 2.63. The van der Waals surface area contributed by atoms with Crippen molar-refractivity contribution in [3.8, 4) is 5.75 Å². The molecular weight excluding hydrogens is 333 g/mol. The van der Waals surface area contributed by atoms with Gasteiger partial charge in [0.2, 0.25) is 0 Å². The van der Waals surface area contributed by atoms with Crippen LogP contribution in [0, 0.1) is 5.82 Å². The Morgan fingerprint density at radius 1 is 1.27 bits per heavy atom. The zero-order chi connectivity index (χ0) is 18.5. The fourth-order valence-electron chi connectivity index (χ4n) is 2.63. The second-order valence-corrected chi connectivity index (χ2v) is 5.56. The van der Waals surface area contributed by atoms with Gasteiger partial charge < -0.3 is 10.1 Å². The van der Waals surface area contributed by atoms with E-state index in [1.807, 2.05) is 12.2 Å². The number of aromatic nitrogens is 2. The molecule has 1 heterocycles. The number of amides is 1. The topological polar surface area (TPSA) is 67.0 Å². The molecule has 1 aromatic heterocycles. The second kappa shape index (κ2) is 7.65. The van der Waals surface area contributed by atoms with Gasteiger partial charge >= 0.3 is 0 Å². The minimum absolute atomic E-state index is 0.252. The molecule has 0 spiro atoms. The molecule has 3 rings (SSSR count). The average Bonchev–Trinajstić information content (AvgIpc) is 3.08. The molecule has 2 N–H and O–H groups in total. The highest BCUT2D eigenvalue weighted by atomic mass is 19.1. The minimum Gasteiger partial charge on any atom is -0.495 e. The van der Waals surface area contributed by atoms with E-state index in [-0.39, 0.29) is 11.7 Å². The van der Waals surface area contributed by atoms with Crippen LogP contribution < -0.4 is 10.1 Å². The number of hydrogen-bond acceptors (Lipinski definition) is 3. The standard InChI is InChI=1S/C20H18FN3O2/c1-3-12-22-20(25)15-9-11-17-18(19(15)26-2)16(23-24-17)10-6-13-4-7-14(21)8-5-13/h3-11H,1,12H2,2H3,(H,22,25)(H,23,24)/b10-6+. The third-order valence-corrected chi connectivity index (χ3v) is 3.87. The minimum atomic E-state index is -0.286. The Labute approximate surface area is 150 Å². The zero-order valence-electron chi connectivity index (χ0n) is 14.3. The quantitative estimate of drug-likeness (QED) is 0.664. The van der Waals surface area contributed by atoms with Crippen molar-refractivity contribution in [3.63, 3.8) is 0 Å². The predicted molar refractivity (Wildman–Crippen MR) is 101 cm³/mol. The highest BCUT2D eigenvalue weighted by molar-refractivity contribution is 6.05. The van der Waals surface area contributed by atoms with E-state index in [9.17, 15) is 9.18 Å². The molecule has 132 valence electrons. The van der Waals surface area contributed by atoms with E-state index in [1.54, 1.807) is 30.3 Å². The van der Waals surface area contributed by atoms with Crippen LogP contribution in [-0.4, -0.2) is 29.8 Å². The van der Waals surface area contributed by atoms with Crippen molar-refractivity contribution in [2.45, 2.75) is 0 Å². The van der Waals surface area contributed by atoms with Gasteiger partial charge in [-0.1, -0.05) is 24.3 Å². The summed E-state index contributed by atoms with van der Waals surface area (Å²) < 4.78 is 18.5. The molecule has 0 atom stereocenters. The summed E-state index contributed by atoms with van der Waals surface area (Å²) in [6, 6.07) is 9.58. The van der Waals surface area contributed by atoms with Crippen molar-refractivity contribution in [2.75, 3.05) is 13.7 Å². The first kappa shape index (κ1) is 17.4. The number of fused-ring (bicyclic) bond motifs is 1. The van der Waals surface area contributed by atoms with Crippen molar-refractivity contribution in [2.24, 2.45) is 0 Å². The van der Waals surface area contributed by atoms with Crippen LogP contribution in [0.3, 0.4) is 0 Å². The largest absolute Gasteiger partial charge is 0.495 e. The Balaban J connectivity index is 2.02. The summed E-state index contributed by atoms with van der Waals surface area (Å²) in [5, 5.41) is 10.6. The monoisotopic (exact) mass is 351 g/mol. The van der Waals surface area contributed by atoms with Crippen molar-refractivity contribution in [1.29, 1.82) is 0 Å². The van der Waals surface area contributed by atoms with Crippen LogP contribution in [0.4, 0.5) is 4.39 Å². The number of carbonyl (C=O) groups is 1. The third kappa shape index (κ3) is 3.49. The molecule has 0 aliphatic rings. The van der Waals surface area contributed by atoms with Crippen LogP contribution in [0.2, 0.25) is 0 Å². The Hall–Kier alpha value is -3.41. The summed E-state index contributed by atoms with van der Waals surface area (Å²) in [5.74, 6) is -0.0964. The van der Waals surface area contributed by atoms with E-state index in [4.69, 9.17) is 4.74 Å². The first-order chi connectivity index (χ1) is 12.6. The number of benzene rings is 2. The fraction of sp³-hybridized carbons (Fsp3) is 0.100. The van der Waals surface area contributed by atoms with Crippen molar-refractivity contribution in [1.82, 2.24) is 15.5 Å². The van der Waals surface area contributed by atoms with Gasteiger partial charge in [0, 0.05) is 6.54 Å². The maximum atomic E-state index is 13.0. The molecule has 0 fully saturated rings. The van der Waals surface area contributed by atoms with Gasteiger partial charge in [-0.25, -0.2) is 4.39 Å². The molecule has 0 radical (unpaired) electrons. The number of rotatable bonds is 6. The molecule has 0 aliphatic heterocycles. The highest BCUT2D eigenvalue weighted by Crippen LogP contribution is 2.32. The predicted octanol–water partition coefficient (Wildman–Crippen LogP) is 3.80. The molecule has 6 heteroatoms. The molecule has 5 nitrogen and oxygen atoms in total. The van der Waals surface area contributed by atoms with Crippen molar-refractivity contribution in [3.05, 3.63) is 71.7 Å². The van der Waals surface area contributed by atoms with E-state index < -0.39 is 0 Å². The van der Waals surface area contributed by atoms with E-state index in [2.05, 4.69) is 22.1 Å². The summed E-state index contributed by atoms with van der Waals surface area (Å²) in [6.07, 6.45) is 5.25. The van der Waals surface area contributed by atoms with Crippen LogP contribution in [-0.2, 0) is 0 Å². The maximum Gasteiger partial charge on any atom is 0.255 e. The molecule has 3 aromatic rings. The first-order valence-corrected chi connectivity index (χ1v) is 8.02. The lowest BCUT2D eigenvalue weighted by molar-refractivity contribution is 0.0955. The third-order valence-electron chi connectivity index (χ3n) is 3.87. The summed E-state index contributed by atoms with van der Waals surface area (Å²) in [7, 11) is 1.51. The number of aromatic amines is 1. The van der Waals surface area contributed by atoms with Gasteiger partial charge in [0.15, 0.2) is 0 Å². The van der Waals surface area contributed by atoms with Crippen LogP contribution in [0.15, 0.2) is 49.1 Å². The first-order valence-electron chi connectivity index (χ1n) is 8.02. The Morgan fingerprint density at radius 3 is 2.73 bits per heavy atom. The number of H-pyrrole nitrogens is 1. The SMILES string of the molecule is C=CCNC(=O)c1ccc2n[nH]c(/C=C/c3ccc(F)cc3)c2c1OC. The number of ether oxygens (including phenoxy) is 1. The number of halogens is 1. The number of nitrogens with zero attached hydrogens (tertiary/aromatic N) is 1. The lowest BCUT2D eigenvalue weighted by Crippen LogP contribution is -2.23. The highest BCUT2D eigenvalue weighted by Gasteiger charge is 2.18. The molecular formula is C20H18FN3O2. The smallest absolute Gasteiger partial charge is 0.255 e. The van der Waals surface area contributed by atoms with Gasteiger partial charge in [-0.3, -0.25) is 9.89 Å². The lowest BCUT2D eigenvalue weighted by atomic mass is 10.1. The Morgan fingerprint density at radius 2 is 2.04 bits per heavy atom. The molecule has 0 unspecified atom stereocenters. The number of nitrogens with one attached hydrogen (secondary N) is 2. The van der Waals surface area contributed by atoms with Crippen LogP contribution in [0.25, 0.3) is 23.1 Å². The van der Waals surface area contributed by atoms with E-state index in [1.165, 1.54) is 19.2 Å². The molecule has 0 bridgehead atoms. The van der Waals surface area contributed by atoms with Gasteiger partial charge in [0.05, 0.1) is 29.3 Å². The number of methoxy groups -OCH3 is 1. The van der Waals surface area contributed by atoms with Crippen LogP contribution in [0.5, 0.6) is 5.75 Å². The maximum absolute atomic E-state index is 13.0. The van der Waals surface area contributed by atoms with Gasteiger partial charge in [0.25, 0.3) is 5.91 Å². The molecule has 1 amide bonds. The van der Waals surface area contributed by atoms with Gasteiger partial charge in [-0.05, 0) is 35.9 Å². The second-order valence-electron chi connectivity index (χ2n) is 5.56. The summed E-state index contributed by atoms with van der Waals surface area (Å²) in [6.45, 7) is 3.95. The summed E-state index contributed by atoms with van der Waals surface area (Å²) in [5.41, 5.74) is 2.63. The van der Waals surface area contributed by atoms with E-state index >= 15 is 0 Å². The molecule has 0 saturated carbocycles. The average molecular weight is 351 g/mol. The molecule has 0 saturated heterocycles. The molecule has 26 heavy (non-hydrogen) atoms.